The minimum absolute atomic E-state index is 0.290. The van der Waals surface area contributed by atoms with Gasteiger partial charge in [0.15, 0.2) is 0 Å². The number of rotatable bonds is 3. The number of benzene rings is 1. The van der Waals surface area contributed by atoms with Crippen LogP contribution in [0.25, 0.3) is 0 Å². The van der Waals surface area contributed by atoms with Crippen LogP contribution in [-0.2, 0) is 0 Å². The van der Waals surface area contributed by atoms with Gasteiger partial charge >= 0.3 is 0 Å². The first-order chi connectivity index (χ1) is 7.61. The highest BCUT2D eigenvalue weighted by atomic mass is 35.5. The predicted molar refractivity (Wildman–Crippen MR) is 69.3 cm³/mol. The molecule has 1 N–H and O–H groups in total. The summed E-state index contributed by atoms with van der Waals surface area (Å²) in [5.41, 5.74) is 1.10. The van der Waals surface area contributed by atoms with E-state index in [9.17, 15) is 0 Å². The van der Waals surface area contributed by atoms with Crippen LogP contribution in [0.2, 0.25) is 10.0 Å². The molecule has 1 unspecified atom stereocenters. The van der Waals surface area contributed by atoms with Gasteiger partial charge in [0.1, 0.15) is 0 Å². The van der Waals surface area contributed by atoms with Crippen molar-refractivity contribution in [1.29, 1.82) is 0 Å². The van der Waals surface area contributed by atoms with Crippen LogP contribution in [0, 0.1) is 0 Å². The number of hydrogen-bond donors (Lipinski definition) is 1. The Morgan fingerprint density at radius 1 is 1.38 bits per heavy atom. The smallest absolute Gasteiger partial charge is 0.0640 e. The zero-order chi connectivity index (χ0) is 11.7. The Labute approximate surface area is 107 Å². The van der Waals surface area contributed by atoms with Gasteiger partial charge < -0.3 is 5.32 Å². The molecule has 1 aliphatic heterocycles. The maximum absolute atomic E-state index is 6.22. The lowest BCUT2D eigenvalue weighted by molar-refractivity contribution is 0.136. The quantitative estimate of drug-likeness (QED) is 0.897. The molecular weight excluding hydrogens is 243 g/mol. The Morgan fingerprint density at radius 3 is 2.62 bits per heavy atom. The van der Waals surface area contributed by atoms with E-state index in [0.29, 0.717) is 22.1 Å². The largest absolute Gasteiger partial charge is 0.314 e. The number of nitrogens with one attached hydrogen (secondary N) is 1. The summed E-state index contributed by atoms with van der Waals surface area (Å²) in [5.74, 6) is 0. The molecule has 1 saturated heterocycles. The lowest BCUT2D eigenvalue weighted by Crippen LogP contribution is -2.56. The molecule has 4 heteroatoms. The van der Waals surface area contributed by atoms with Gasteiger partial charge in [0.25, 0.3) is 0 Å². The van der Waals surface area contributed by atoms with Crippen molar-refractivity contribution in [1.82, 2.24) is 10.2 Å². The number of hydrogen-bond acceptors (Lipinski definition) is 2. The molecule has 0 saturated carbocycles. The third-order valence-corrected chi connectivity index (χ3v) is 4.21. The van der Waals surface area contributed by atoms with Crippen LogP contribution in [0.3, 0.4) is 0 Å². The monoisotopic (exact) mass is 258 g/mol. The van der Waals surface area contributed by atoms with Gasteiger partial charge in [-0.3, -0.25) is 4.90 Å². The van der Waals surface area contributed by atoms with Gasteiger partial charge in [-0.1, -0.05) is 35.3 Å². The van der Waals surface area contributed by atoms with E-state index in [-0.39, 0.29) is 0 Å². The highest BCUT2D eigenvalue weighted by Gasteiger charge is 2.26. The van der Waals surface area contributed by atoms with Crippen molar-refractivity contribution in [2.24, 2.45) is 0 Å². The van der Waals surface area contributed by atoms with Gasteiger partial charge in [-0.25, -0.2) is 0 Å². The van der Waals surface area contributed by atoms with E-state index in [1.165, 1.54) is 0 Å². The molecule has 1 aliphatic rings. The maximum atomic E-state index is 6.22. The molecule has 1 atom stereocenters. The molecule has 0 aliphatic carbocycles. The van der Waals surface area contributed by atoms with E-state index in [0.717, 1.165) is 18.7 Å². The van der Waals surface area contributed by atoms with Crippen LogP contribution in [0.4, 0.5) is 0 Å². The minimum atomic E-state index is 0.290. The Bertz CT molecular complexity index is 377. The average molecular weight is 259 g/mol. The molecule has 2 rings (SSSR count). The van der Waals surface area contributed by atoms with E-state index >= 15 is 0 Å². The highest BCUT2D eigenvalue weighted by Crippen LogP contribution is 2.32. The fourth-order valence-corrected chi connectivity index (χ4v) is 2.41. The van der Waals surface area contributed by atoms with E-state index in [4.69, 9.17) is 23.2 Å². The van der Waals surface area contributed by atoms with E-state index in [1.54, 1.807) is 0 Å². The normalized spacial score (nSPS) is 18.6. The number of likely N-dealkylation sites (N-methyl/N-ethyl adjacent to an activating group) is 1. The molecule has 88 valence electrons. The lowest BCUT2D eigenvalue weighted by Gasteiger charge is -2.39. The molecular formula is C12H16Cl2N2. The number of nitrogens with zero attached hydrogens (tertiary/aromatic N) is 1. The summed E-state index contributed by atoms with van der Waals surface area (Å²) in [5, 5.41) is 4.58. The molecule has 16 heavy (non-hydrogen) atoms. The van der Waals surface area contributed by atoms with Gasteiger partial charge in [0.2, 0.25) is 0 Å². The highest BCUT2D eigenvalue weighted by molar-refractivity contribution is 6.42. The van der Waals surface area contributed by atoms with Crippen LogP contribution in [0.5, 0.6) is 0 Å². The topological polar surface area (TPSA) is 15.3 Å². The predicted octanol–water partition coefficient (Wildman–Crippen LogP) is 2.96. The first-order valence-corrected chi connectivity index (χ1v) is 6.23. The van der Waals surface area contributed by atoms with Crippen molar-refractivity contribution in [3.8, 4) is 0 Å². The standard InChI is InChI=1S/C12H16Cl2N2/c1-8(16(2)9-6-15-7-9)10-4-3-5-11(13)12(10)14/h3-5,8-9,15H,6-7H2,1-2H3. The fourth-order valence-electron chi connectivity index (χ4n) is 1.94. The van der Waals surface area contributed by atoms with Gasteiger partial charge in [0.05, 0.1) is 10.0 Å². The summed E-state index contributed by atoms with van der Waals surface area (Å²) >= 11 is 12.3. The average Bonchev–Trinajstić information content (AvgIpc) is 2.18. The first kappa shape index (κ1) is 12.2. The van der Waals surface area contributed by atoms with Crippen molar-refractivity contribution in [3.05, 3.63) is 33.8 Å². The summed E-state index contributed by atoms with van der Waals surface area (Å²) in [6, 6.07) is 6.71. The van der Waals surface area contributed by atoms with Crippen LogP contribution in [0.1, 0.15) is 18.5 Å². The van der Waals surface area contributed by atoms with Gasteiger partial charge in [-0.15, -0.1) is 0 Å². The summed E-state index contributed by atoms with van der Waals surface area (Å²) in [6.45, 7) is 4.27. The Balaban J connectivity index is 2.19. The molecule has 0 spiro atoms. The van der Waals surface area contributed by atoms with Crippen LogP contribution in [-0.4, -0.2) is 31.1 Å². The summed E-state index contributed by atoms with van der Waals surface area (Å²) in [4.78, 5) is 2.34. The second-order valence-electron chi connectivity index (χ2n) is 4.30. The van der Waals surface area contributed by atoms with E-state index in [1.807, 2.05) is 18.2 Å². The summed E-state index contributed by atoms with van der Waals surface area (Å²) < 4.78 is 0. The lowest BCUT2D eigenvalue weighted by atomic mass is 10.0. The molecule has 0 bridgehead atoms. The van der Waals surface area contributed by atoms with E-state index in [2.05, 4.69) is 24.2 Å². The van der Waals surface area contributed by atoms with Crippen molar-refractivity contribution >= 4 is 23.2 Å². The van der Waals surface area contributed by atoms with E-state index < -0.39 is 0 Å². The second kappa shape index (κ2) is 4.92. The Hall–Kier alpha value is -0.280. The molecule has 1 fully saturated rings. The molecule has 0 radical (unpaired) electrons. The molecule has 1 heterocycles. The zero-order valence-corrected chi connectivity index (χ0v) is 11.0. The Morgan fingerprint density at radius 2 is 2.06 bits per heavy atom. The minimum Gasteiger partial charge on any atom is -0.314 e. The second-order valence-corrected chi connectivity index (χ2v) is 5.08. The summed E-state index contributed by atoms with van der Waals surface area (Å²) in [7, 11) is 2.13. The van der Waals surface area contributed by atoms with Crippen molar-refractivity contribution in [2.45, 2.75) is 19.0 Å². The van der Waals surface area contributed by atoms with Crippen LogP contribution < -0.4 is 5.32 Å². The third-order valence-electron chi connectivity index (χ3n) is 3.38. The fraction of sp³-hybridized carbons (Fsp3) is 0.500. The molecule has 0 amide bonds. The van der Waals surface area contributed by atoms with Gasteiger partial charge in [-0.05, 0) is 25.6 Å². The maximum Gasteiger partial charge on any atom is 0.0640 e. The third kappa shape index (κ3) is 2.21. The Kier molecular flexibility index (Phi) is 3.75. The van der Waals surface area contributed by atoms with Crippen molar-refractivity contribution in [2.75, 3.05) is 20.1 Å². The molecule has 2 nitrogen and oxygen atoms in total. The molecule has 1 aromatic rings. The summed E-state index contributed by atoms with van der Waals surface area (Å²) in [6.07, 6.45) is 0. The van der Waals surface area contributed by atoms with Crippen LogP contribution in [0.15, 0.2) is 18.2 Å². The van der Waals surface area contributed by atoms with Gasteiger partial charge in [-0.2, -0.15) is 0 Å². The number of halogens is 2. The first-order valence-electron chi connectivity index (χ1n) is 5.48. The van der Waals surface area contributed by atoms with Crippen molar-refractivity contribution in [3.63, 3.8) is 0 Å². The van der Waals surface area contributed by atoms with Gasteiger partial charge in [0, 0.05) is 25.2 Å². The molecule has 0 aromatic heterocycles. The van der Waals surface area contributed by atoms with Crippen molar-refractivity contribution < 1.29 is 0 Å². The van der Waals surface area contributed by atoms with Crippen LogP contribution >= 0.6 is 23.2 Å². The zero-order valence-electron chi connectivity index (χ0n) is 9.50. The molecule has 1 aromatic carbocycles. The SMILES string of the molecule is CC(c1cccc(Cl)c1Cl)N(C)C1CNC1.